The van der Waals surface area contributed by atoms with E-state index >= 15 is 0 Å². The molecule has 0 saturated carbocycles. The van der Waals surface area contributed by atoms with Gasteiger partial charge in [0, 0.05) is 6.42 Å². The molecule has 1 atom stereocenters. The lowest BCUT2D eigenvalue weighted by atomic mass is 10.1. The average molecular weight is 304 g/mol. The predicted octanol–water partition coefficient (Wildman–Crippen LogP) is 6.08. The maximum atomic E-state index is 6.26. The first-order valence-corrected chi connectivity index (χ1v) is 8.72. The summed E-state index contributed by atoms with van der Waals surface area (Å²) in [6.45, 7) is 9.05. The number of aryl methyl sites for hydroxylation is 1. The van der Waals surface area contributed by atoms with Crippen LogP contribution >= 0.6 is 0 Å². The minimum Gasteiger partial charge on any atom is -0.490 e. The van der Waals surface area contributed by atoms with Gasteiger partial charge in [0.2, 0.25) is 0 Å². The molecule has 0 aliphatic heterocycles. The van der Waals surface area contributed by atoms with Gasteiger partial charge in [-0.25, -0.2) is 0 Å². The Morgan fingerprint density at radius 1 is 1.09 bits per heavy atom. The van der Waals surface area contributed by atoms with Gasteiger partial charge < -0.3 is 9.47 Å². The van der Waals surface area contributed by atoms with Gasteiger partial charge in [-0.15, -0.1) is 0 Å². The standard InChI is InChI=1S/C20H32O2/c1-5-8-10-11-13-18(12-9-6-2)22-19-15-14-17(4)16-20(19)21-7-3/h6,9,14-16,18H,5,7-8,10-13H2,1-4H3/b9-6+/t18-/m1/s1. The molecule has 1 rings (SSSR count). The molecule has 0 fully saturated rings. The Morgan fingerprint density at radius 3 is 2.59 bits per heavy atom. The summed E-state index contributed by atoms with van der Waals surface area (Å²) >= 11 is 0. The highest BCUT2D eigenvalue weighted by molar-refractivity contribution is 5.42. The minimum atomic E-state index is 0.231. The maximum absolute atomic E-state index is 6.26. The van der Waals surface area contributed by atoms with Crippen molar-refractivity contribution < 1.29 is 9.47 Å². The molecule has 2 heteroatoms. The number of allylic oxidation sites excluding steroid dienone is 1. The molecule has 2 nitrogen and oxygen atoms in total. The van der Waals surface area contributed by atoms with Crippen LogP contribution in [0.15, 0.2) is 30.4 Å². The number of rotatable bonds is 11. The van der Waals surface area contributed by atoms with Gasteiger partial charge in [-0.2, -0.15) is 0 Å². The maximum Gasteiger partial charge on any atom is 0.161 e. The molecule has 1 aromatic rings. The highest BCUT2D eigenvalue weighted by Gasteiger charge is 2.13. The third-order valence-electron chi connectivity index (χ3n) is 3.71. The van der Waals surface area contributed by atoms with Crippen LogP contribution in [0.2, 0.25) is 0 Å². The fourth-order valence-corrected chi connectivity index (χ4v) is 2.47. The molecule has 0 N–H and O–H groups in total. The van der Waals surface area contributed by atoms with Crippen molar-refractivity contribution in [3.8, 4) is 11.5 Å². The van der Waals surface area contributed by atoms with Crippen molar-refractivity contribution in [1.82, 2.24) is 0 Å². The second-order valence-electron chi connectivity index (χ2n) is 5.78. The summed E-state index contributed by atoms with van der Waals surface area (Å²) in [5, 5.41) is 0. The van der Waals surface area contributed by atoms with Gasteiger partial charge in [0.1, 0.15) is 6.10 Å². The third kappa shape index (κ3) is 7.02. The summed E-state index contributed by atoms with van der Waals surface area (Å²) in [5.41, 5.74) is 1.20. The molecule has 0 bridgehead atoms. The van der Waals surface area contributed by atoms with E-state index in [9.17, 15) is 0 Å². The SMILES string of the molecule is C/C=C/C[C@H](CCCCCC)Oc1ccc(C)cc1OCC. The van der Waals surface area contributed by atoms with Gasteiger partial charge in [0.15, 0.2) is 11.5 Å². The van der Waals surface area contributed by atoms with Crippen molar-refractivity contribution >= 4 is 0 Å². The molecular formula is C20H32O2. The molecule has 0 unspecified atom stereocenters. The van der Waals surface area contributed by atoms with E-state index in [2.05, 4.69) is 45.1 Å². The minimum absolute atomic E-state index is 0.231. The smallest absolute Gasteiger partial charge is 0.161 e. The van der Waals surface area contributed by atoms with E-state index in [-0.39, 0.29) is 6.10 Å². The van der Waals surface area contributed by atoms with Gasteiger partial charge in [0.25, 0.3) is 0 Å². The Bertz CT molecular complexity index is 437. The average Bonchev–Trinajstić information content (AvgIpc) is 2.51. The van der Waals surface area contributed by atoms with Crippen molar-refractivity contribution in [3.05, 3.63) is 35.9 Å². The van der Waals surface area contributed by atoms with Gasteiger partial charge in [-0.05, 0) is 51.3 Å². The molecule has 124 valence electrons. The molecule has 1 aromatic carbocycles. The Balaban J connectivity index is 2.70. The van der Waals surface area contributed by atoms with Crippen LogP contribution in [0.4, 0.5) is 0 Å². The molecule has 0 saturated heterocycles. The molecule has 0 radical (unpaired) electrons. The molecule has 0 aromatic heterocycles. The van der Waals surface area contributed by atoms with E-state index in [1.165, 1.54) is 31.2 Å². The molecular weight excluding hydrogens is 272 g/mol. The monoisotopic (exact) mass is 304 g/mol. The van der Waals surface area contributed by atoms with Crippen LogP contribution < -0.4 is 9.47 Å². The van der Waals surface area contributed by atoms with Crippen molar-refractivity contribution in [3.63, 3.8) is 0 Å². The number of benzene rings is 1. The highest BCUT2D eigenvalue weighted by Crippen LogP contribution is 2.30. The fraction of sp³-hybridized carbons (Fsp3) is 0.600. The van der Waals surface area contributed by atoms with Crippen LogP contribution in [-0.4, -0.2) is 12.7 Å². The summed E-state index contributed by atoms with van der Waals surface area (Å²) in [7, 11) is 0. The van der Waals surface area contributed by atoms with E-state index < -0.39 is 0 Å². The Kier molecular flexibility index (Phi) is 9.45. The Morgan fingerprint density at radius 2 is 1.91 bits per heavy atom. The molecule has 0 aliphatic rings. The molecule has 0 heterocycles. The first kappa shape index (κ1) is 18.6. The first-order chi connectivity index (χ1) is 10.7. The Hall–Kier alpha value is -1.44. The number of unbranched alkanes of at least 4 members (excludes halogenated alkanes) is 3. The third-order valence-corrected chi connectivity index (χ3v) is 3.71. The van der Waals surface area contributed by atoms with Crippen LogP contribution in [-0.2, 0) is 0 Å². The van der Waals surface area contributed by atoms with E-state index in [4.69, 9.17) is 9.47 Å². The molecule has 0 spiro atoms. The van der Waals surface area contributed by atoms with Crippen molar-refractivity contribution in [2.24, 2.45) is 0 Å². The summed E-state index contributed by atoms with van der Waals surface area (Å²) < 4.78 is 12.0. The van der Waals surface area contributed by atoms with E-state index in [1.807, 2.05) is 13.0 Å². The zero-order chi connectivity index (χ0) is 16.2. The van der Waals surface area contributed by atoms with Crippen molar-refractivity contribution in [2.45, 2.75) is 72.3 Å². The molecule has 0 amide bonds. The van der Waals surface area contributed by atoms with E-state index in [0.29, 0.717) is 6.61 Å². The summed E-state index contributed by atoms with van der Waals surface area (Å²) in [6.07, 6.45) is 11.7. The summed E-state index contributed by atoms with van der Waals surface area (Å²) in [6, 6.07) is 6.18. The van der Waals surface area contributed by atoms with Gasteiger partial charge in [-0.3, -0.25) is 0 Å². The topological polar surface area (TPSA) is 18.5 Å². The van der Waals surface area contributed by atoms with E-state index in [1.54, 1.807) is 0 Å². The predicted molar refractivity (Wildman–Crippen MR) is 95.0 cm³/mol. The van der Waals surface area contributed by atoms with Gasteiger partial charge >= 0.3 is 0 Å². The highest BCUT2D eigenvalue weighted by atomic mass is 16.5. The van der Waals surface area contributed by atoms with Crippen LogP contribution in [0.1, 0.15) is 64.9 Å². The Labute approximate surface area is 136 Å². The van der Waals surface area contributed by atoms with Gasteiger partial charge in [-0.1, -0.05) is 44.4 Å². The van der Waals surface area contributed by atoms with Crippen LogP contribution in [0.5, 0.6) is 11.5 Å². The number of ether oxygens (including phenoxy) is 2. The molecule has 22 heavy (non-hydrogen) atoms. The van der Waals surface area contributed by atoms with Crippen LogP contribution in [0, 0.1) is 6.92 Å². The van der Waals surface area contributed by atoms with Crippen LogP contribution in [0.3, 0.4) is 0 Å². The zero-order valence-electron chi connectivity index (χ0n) is 14.7. The van der Waals surface area contributed by atoms with Crippen molar-refractivity contribution in [1.29, 1.82) is 0 Å². The lowest BCUT2D eigenvalue weighted by Gasteiger charge is -2.20. The lowest BCUT2D eigenvalue weighted by molar-refractivity contribution is 0.179. The molecule has 0 aliphatic carbocycles. The summed E-state index contributed by atoms with van der Waals surface area (Å²) in [5.74, 6) is 1.74. The second kappa shape index (κ2) is 11.2. The summed E-state index contributed by atoms with van der Waals surface area (Å²) in [4.78, 5) is 0. The largest absolute Gasteiger partial charge is 0.490 e. The first-order valence-electron chi connectivity index (χ1n) is 8.72. The van der Waals surface area contributed by atoms with E-state index in [0.717, 1.165) is 24.3 Å². The van der Waals surface area contributed by atoms with Gasteiger partial charge in [0.05, 0.1) is 6.61 Å². The normalized spacial score (nSPS) is 12.5. The quantitative estimate of drug-likeness (QED) is 0.364. The second-order valence-corrected chi connectivity index (χ2v) is 5.78. The lowest BCUT2D eigenvalue weighted by Crippen LogP contribution is -2.16. The number of hydrogen-bond donors (Lipinski definition) is 0. The van der Waals surface area contributed by atoms with Crippen LogP contribution in [0.25, 0.3) is 0 Å². The zero-order valence-corrected chi connectivity index (χ0v) is 14.7. The van der Waals surface area contributed by atoms with Crippen molar-refractivity contribution in [2.75, 3.05) is 6.61 Å². The fourth-order valence-electron chi connectivity index (χ4n) is 2.47. The number of hydrogen-bond acceptors (Lipinski definition) is 2.